The first-order valence-electron chi connectivity index (χ1n) is 3.57. The van der Waals surface area contributed by atoms with Crippen molar-refractivity contribution in [3.63, 3.8) is 0 Å². The molecule has 3 nitrogen and oxygen atoms in total. The molecule has 0 spiro atoms. The van der Waals surface area contributed by atoms with Gasteiger partial charge in [0.1, 0.15) is 6.04 Å². The molecule has 1 aliphatic rings. The fraction of sp³-hybridized carbons (Fsp3) is 0.857. The molecule has 0 radical (unpaired) electrons. The van der Waals surface area contributed by atoms with Crippen LogP contribution in [-0.2, 0) is 9.53 Å². The van der Waals surface area contributed by atoms with E-state index in [1.54, 1.807) is 0 Å². The Morgan fingerprint density at radius 2 is 2.40 bits per heavy atom. The van der Waals surface area contributed by atoms with Crippen LogP contribution in [0.15, 0.2) is 0 Å². The van der Waals surface area contributed by atoms with Crippen LogP contribution >= 0.6 is 0 Å². The second kappa shape index (κ2) is 3.01. The molecule has 1 heterocycles. The van der Waals surface area contributed by atoms with Crippen LogP contribution < -0.4 is 5.32 Å². The van der Waals surface area contributed by atoms with Crippen LogP contribution in [0.25, 0.3) is 0 Å². The van der Waals surface area contributed by atoms with Gasteiger partial charge >= 0.3 is 5.97 Å². The molecular formula is C7H13NO2. The summed E-state index contributed by atoms with van der Waals surface area (Å²) >= 11 is 0. The van der Waals surface area contributed by atoms with Crippen molar-refractivity contribution >= 4 is 5.97 Å². The number of ether oxygens (including phenoxy) is 1. The maximum Gasteiger partial charge on any atom is 0.323 e. The molecule has 0 aromatic heterocycles. The van der Waals surface area contributed by atoms with E-state index in [2.05, 4.69) is 17.0 Å². The smallest absolute Gasteiger partial charge is 0.323 e. The number of carbonyl (C=O) groups is 1. The second-order valence-corrected chi connectivity index (χ2v) is 2.72. The zero-order valence-electron chi connectivity index (χ0n) is 6.39. The molecule has 1 rings (SSSR count). The summed E-state index contributed by atoms with van der Waals surface area (Å²) in [4.78, 5) is 10.9. The first-order chi connectivity index (χ1) is 4.75. The van der Waals surface area contributed by atoms with Crippen molar-refractivity contribution in [1.29, 1.82) is 0 Å². The van der Waals surface area contributed by atoms with Crippen LogP contribution in [0, 0.1) is 5.92 Å². The van der Waals surface area contributed by atoms with E-state index in [0.717, 1.165) is 13.0 Å². The van der Waals surface area contributed by atoms with Gasteiger partial charge in [0.15, 0.2) is 0 Å². The second-order valence-electron chi connectivity index (χ2n) is 2.72. The van der Waals surface area contributed by atoms with Gasteiger partial charge in [-0.3, -0.25) is 4.79 Å². The highest BCUT2D eigenvalue weighted by Gasteiger charge is 2.29. The molecule has 0 saturated carbocycles. The number of carbonyl (C=O) groups excluding carboxylic acids is 1. The van der Waals surface area contributed by atoms with Crippen LogP contribution in [-0.4, -0.2) is 25.7 Å². The van der Waals surface area contributed by atoms with Crippen molar-refractivity contribution in [3.8, 4) is 0 Å². The Bertz CT molecular complexity index is 136. The van der Waals surface area contributed by atoms with Crippen molar-refractivity contribution in [3.05, 3.63) is 0 Å². The van der Waals surface area contributed by atoms with E-state index in [0.29, 0.717) is 5.92 Å². The van der Waals surface area contributed by atoms with E-state index in [1.807, 2.05) is 0 Å². The quantitative estimate of drug-likeness (QED) is 0.531. The molecule has 2 atom stereocenters. The van der Waals surface area contributed by atoms with Gasteiger partial charge in [-0.2, -0.15) is 0 Å². The van der Waals surface area contributed by atoms with Gasteiger partial charge in [0.25, 0.3) is 0 Å². The average Bonchev–Trinajstić information content (AvgIpc) is 2.34. The lowest BCUT2D eigenvalue weighted by Gasteiger charge is -2.11. The minimum absolute atomic E-state index is 0.0648. The van der Waals surface area contributed by atoms with Gasteiger partial charge in [-0.25, -0.2) is 0 Å². The average molecular weight is 143 g/mol. The summed E-state index contributed by atoms with van der Waals surface area (Å²) in [5.41, 5.74) is 0. The highest BCUT2D eigenvalue weighted by Crippen LogP contribution is 2.14. The molecule has 1 fully saturated rings. The van der Waals surface area contributed by atoms with Gasteiger partial charge in [-0.1, -0.05) is 6.92 Å². The first kappa shape index (κ1) is 7.54. The van der Waals surface area contributed by atoms with Gasteiger partial charge in [-0.15, -0.1) is 0 Å². The molecule has 0 aromatic carbocycles. The molecule has 0 amide bonds. The number of hydrogen-bond donors (Lipinski definition) is 1. The summed E-state index contributed by atoms with van der Waals surface area (Å²) in [5.74, 6) is 0.289. The van der Waals surface area contributed by atoms with Crippen molar-refractivity contribution in [2.75, 3.05) is 13.7 Å². The molecule has 0 aromatic rings. The highest BCUT2D eigenvalue weighted by atomic mass is 16.5. The zero-order chi connectivity index (χ0) is 7.56. The Kier molecular flexibility index (Phi) is 2.27. The van der Waals surface area contributed by atoms with Crippen molar-refractivity contribution in [1.82, 2.24) is 5.32 Å². The van der Waals surface area contributed by atoms with Crippen LogP contribution in [0.1, 0.15) is 13.3 Å². The normalized spacial score (nSPS) is 32.2. The number of methoxy groups -OCH3 is 1. The lowest BCUT2D eigenvalue weighted by molar-refractivity contribution is -0.143. The predicted octanol–water partition coefficient (Wildman–Crippen LogP) is 0.157. The molecule has 1 saturated heterocycles. The van der Waals surface area contributed by atoms with Crippen LogP contribution in [0.4, 0.5) is 0 Å². The summed E-state index contributed by atoms with van der Waals surface area (Å²) in [7, 11) is 1.43. The maximum absolute atomic E-state index is 10.9. The Balaban J connectivity index is 2.46. The Labute approximate surface area is 60.7 Å². The van der Waals surface area contributed by atoms with Crippen LogP contribution in [0.3, 0.4) is 0 Å². The molecule has 10 heavy (non-hydrogen) atoms. The fourth-order valence-corrected chi connectivity index (χ4v) is 1.28. The first-order valence-corrected chi connectivity index (χ1v) is 3.57. The van der Waals surface area contributed by atoms with Gasteiger partial charge < -0.3 is 10.1 Å². The minimum atomic E-state index is -0.134. The third kappa shape index (κ3) is 1.29. The predicted molar refractivity (Wildman–Crippen MR) is 37.6 cm³/mol. The van der Waals surface area contributed by atoms with Crippen LogP contribution in [0.5, 0.6) is 0 Å². The molecule has 0 aliphatic carbocycles. The van der Waals surface area contributed by atoms with E-state index in [-0.39, 0.29) is 12.0 Å². The number of nitrogens with one attached hydrogen (secondary N) is 1. The topological polar surface area (TPSA) is 38.3 Å². The van der Waals surface area contributed by atoms with Crippen molar-refractivity contribution in [2.45, 2.75) is 19.4 Å². The highest BCUT2D eigenvalue weighted by molar-refractivity contribution is 5.76. The summed E-state index contributed by atoms with van der Waals surface area (Å²) < 4.78 is 4.60. The number of hydrogen-bond acceptors (Lipinski definition) is 3. The van der Waals surface area contributed by atoms with E-state index in [1.165, 1.54) is 7.11 Å². The summed E-state index contributed by atoms with van der Waals surface area (Å²) in [6, 6.07) is -0.0648. The SMILES string of the molecule is COC(=O)C1NCCC1C. The van der Waals surface area contributed by atoms with Crippen molar-refractivity contribution in [2.24, 2.45) is 5.92 Å². The zero-order valence-corrected chi connectivity index (χ0v) is 6.39. The molecule has 3 heteroatoms. The van der Waals surface area contributed by atoms with E-state index < -0.39 is 0 Å². The molecule has 58 valence electrons. The third-order valence-electron chi connectivity index (χ3n) is 1.99. The van der Waals surface area contributed by atoms with Gasteiger partial charge in [-0.05, 0) is 18.9 Å². The molecule has 1 N–H and O–H groups in total. The molecule has 2 unspecified atom stereocenters. The van der Waals surface area contributed by atoms with Gasteiger partial charge in [0.2, 0.25) is 0 Å². The van der Waals surface area contributed by atoms with Crippen LogP contribution in [0.2, 0.25) is 0 Å². The third-order valence-corrected chi connectivity index (χ3v) is 1.99. The lowest BCUT2D eigenvalue weighted by Crippen LogP contribution is -2.35. The standard InChI is InChI=1S/C7H13NO2/c1-5-3-4-8-6(5)7(9)10-2/h5-6,8H,3-4H2,1-2H3. The summed E-state index contributed by atoms with van der Waals surface area (Å²) in [5, 5.41) is 3.08. The molecular weight excluding hydrogens is 130 g/mol. The number of rotatable bonds is 1. The monoisotopic (exact) mass is 143 g/mol. The minimum Gasteiger partial charge on any atom is -0.468 e. The van der Waals surface area contributed by atoms with E-state index >= 15 is 0 Å². The van der Waals surface area contributed by atoms with Gasteiger partial charge in [0.05, 0.1) is 7.11 Å². The lowest BCUT2D eigenvalue weighted by atomic mass is 10.0. The van der Waals surface area contributed by atoms with E-state index in [4.69, 9.17) is 0 Å². The Hall–Kier alpha value is -0.570. The number of esters is 1. The van der Waals surface area contributed by atoms with Gasteiger partial charge in [0, 0.05) is 0 Å². The van der Waals surface area contributed by atoms with E-state index in [9.17, 15) is 4.79 Å². The fourth-order valence-electron chi connectivity index (χ4n) is 1.28. The largest absolute Gasteiger partial charge is 0.468 e. The molecule has 1 aliphatic heterocycles. The summed E-state index contributed by atoms with van der Waals surface area (Å²) in [6.07, 6.45) is 1.07. The maximum atomic E-state index is 10.9. The molecule has 0 bridgehead atoms. The Morgan fingerprint density at radius 3 is 2.80 bits per heavy atom. The Morgan fingerprint density at radius 1 is 1.70 bits per heavy atom. The summed E-state index contributed by atoms with van der Waals surface area (Å²) in [6.45, 7) is 2.99. The van der Waals surface area contributed by atoms with Crippen molar-refractivity contribution < 1.29 is 9.53 Å².